The molecule has 6 nitrogen and oxygen atoms in total. The minimum Gasteiger partial charge on any atom is -0.372 e. The zero-order valence-corrected chi connectivity index (χ0v) is 17.1. The maximum Gasteiger partial charge on any atom is 0.191 e. The highest BCUT2D eigenvalue weighted by molar-refractivity contribution is 7.09. The summed E-state index contributed by atoms with van der Waals surface area (Å²) in [6.45, 7) is 7.55. The SMILES string of the molecule is CN=C(NCCc1cccs1)NCc1ccc(N2CC(C)OC(C)C2)nc1. The van der Waals surface area contributed by atoms with Crippen LogP contribution in [0.3, 0.4) is 0 Å². The summed E-state index contributed by atoms with van der Waals surface area (Å²) in [4.78, 5) is 12.6. The van der Waals surface area contributed by atoms with E-state index in [2.05, 4.69) is 69.0 Å². The quantitative estimate of drug-likeness (QED) is 0.589. The van der Waals surface area contributed by atoms with E-state index in [1.165, 1.54) is 4.88 Å². The van der Waals surface area contributed by atoms with Crippen molar-refractivity contribution in [1.82, 2.24) is 15.6 Å². The third-order valence-electron chi connectivity index (χ3n) is 4.48. The van der Waals surface area contributed by atoms with Gasteiger partial charge in [-0.05, 0) is 43.3 Å². The second-order valence-electron chi connectivity index (χ2n) is 6.87. The van der Waals surface area contributed by atoms with Crippen molar-refractivity contribution in [2.45, 2.75) is 39.0 Å². The van der Waals surface area contributed by atoms with Crippen LogP contribution in [0, 0.1) is 0 Å². The number of nitrogens with one attached hydrogen (secondary N) is 2. The van der Waals surface area contributed by atoms with Gasteiger partial charge in [0.15, 0.2) is 5.96 Å². The molecular formula is C20H29N5OS. The fraction of sp³-hybridized carbons (Fsp3) is 0.500. The van der Waals surface area contributed by atoms with Gasteiger partial charge < -0.3 is 20.3 Å². The predicted octanol–water partition coefficient (Wildman–Crippen LogP) is 2.66. The number of aromatic nitrogens is 1. The Morgan fingerprint density at radius 1 is 1.26 bits per heavy atom. The van der Waals surface area contributed by atoms with Gasteiger partial charge in [0.05, 0.1) is 12.2 Å². The molecule has 27 heavy (non-hydrogen) atoms. The van der Waals surface area contributed by atoms with Gasteiger partial charge in [0, 0.05) is 44.3 Å². The molecule has 3 rings (SSSR count). The lowest BCUT2D eigenvalue weighted by Crippen LogP contribution is -2.45. The first-order chi connectivity index (χ1) is 13.1. The second kappa shape index (κ2) is 9.71. The number of hydrogen-bond acceptors (Lipinski definition) is 5. The Labute approximate surface area is 165 Å². The molecule has 0 amide bonds. The zero-order chi connectivity index (χ0) is 19.1. The lowest BCUT2D eigenvalue weighted by atomic mass is 10.2. The first-order valence-corrected chi connectivity index (χ1v) is 10.3. The first kappa shape index (κ1) is 19.6. The predicted molar refractivity (Wildman–Crippen MR) is 113 cm³/mol. The van der Waals surface area contributed by atoms with E-state index in [1.54, 1.807) is 18.4 Å². The Bertz CT molecular complexity index is 706. The molecule has 2 aromatic heterocycles. The topological polar surface area (TPSA) is 61.8 Å². The largest absolute Gasteiger partial charge is 0.372 e. The van der Waals surface area contributed by atoms with Crippen molar-refractivity contribution in [3.05, 3.63) is 46.3 Å². The van der Waals surface area contributed by atoms with Crippen LogP contribution in [0.25, 0.3) is 0 Å². The molecule has 0 radical (unpaired) electrons. The van der Waals surface area contributed by atoms with E-state index in [0.29, 0.717) is 6.54 Å². The molecule has 2 atom stereocenters. The van der Waals surface area contributed by atoms with Crippen LogP contribution in [-0.4, -0.2) is 49.8 Å². The van der Waals surface area contributed by atoms with Gasteiger partial charge in [0.25, 0.3) is 0 Å². The summed E-state index contributed by atoms with van der Waals surface area (Å²) < 4.78 is 5.80. The van der Waals surface area contributed by atoms with Crippen LogP contribution in [0.4, 0.5) is 5.82 Å². The third-order valence-corrected chi connectivity index (χ3v) is 5.42. The van der Waals surface area contributed by atoms with Crippen LogP contribution in [0.5, 0.6) is 0 Å². The average molecular weight is 388 g/mol. The number of pyridine rings is 1. The van der Waals surface area contributed by atoms with Crippen molar-refractivity contribution in [2.75, 3.05) is 31.6 Å². The van der Waals surface area contributed by atoms with Gasteiger partial charge in [-0.15, -0.1) is 11.3 Å². The Kier molecular flexibility index (Phi) is 7.06. The highest BCUT2D eigenvalue weighted by Gasteiger charge is 2.22. The van der Waals surface area contributed by atoms with Gasteiger partial charge >= 0.3 is 0 Å². The normalized spacial score (nSPS) is 20.6. The van der Waals surface area contributed by atoms with E-state index < -0.39 is 0 Å². The van der Waals surface area contributed by atoms with E-state index in [-0.39, 0.29) is 12.2 Å². The number of nitrogens with zero attached hydrogens (tertiary/aromatic N) is 3. The number of morpholine rings is 1. The Morgan fingerprint density at radius 2 is 2.07 bits per heavy atom. The van der Waals surface area contributed by atoms with Crippen LogP contribution in [0.15, 0.2) is 40.8 Å². The van der Waals surface area contributed by atoms with Gasteiger partial charge in [0.2, 0.25) is 0 Å². The van der Waals surface area contributed by atoms with Crippen molar-refractivity contribution in [3.63, 3.8) is 0 Å². The number of thiophene rings is 1. The van der Waals surface area contributed by atoms with E-state index in [0.717, 1.165) is 43.4 Å². The molecule has 0 aliphatic carbocycles. The molecule has 2 N–H and O–H groups in total. The summed E-state index contributed by atoms with van der Waals surface area (Å²) in [7, 11) is 1.79. The summed E-state index contributed by atoms with van der Waals surface area (Å²) >= 11 is 1.79. The Balaban J connectivity index is 1.46. The summed E-state index contributed by atoms with van der Waals surface area (Å²) in [5, 5.41) is 8.81. The standard InChI is InChI=1S/C20H29N5OS/c1-15-13-25(14-16(2)26-15)19-7-6-17(11-23-19)12-24-20(21-3)22-9-8-18-5-4-10-27-18/h4-7,10-11,15-16H,8-9,12-14H2,1-3H3,(H2,21,22,24). The monoisotopic (exact) mass is 387 g/mol. The minimum absolute atomic E-state index is 0.237. The number of aliphatic imine (C=N–C) groups is 1. The summed E-state index contributed by atoms with van der Waals surface area (Å²) in [5.41, 5.74) is 1.13. The second-order valence-corrected chi connectivity index (χ2v) is 7.90. The first-order valence-electron chi connectivity index (χ1n) is 9.46. The maximum absolute atomic E-state index is 5.80. The van der Waals surface area contributed by atoms with Crippen molar-refractivity contribution >= 4 is 23.1 Å². The van der Waals surface area contributed by atoms with Crippen LogP contribution < -0.4 is 15.5 Å². The smallest absolute Gasteiger partial charge is 0.191 e. The van der Waals surface area contributed by atoms with E-state index >= 15 is 0 Å². The molecule has 1 aliphatic rings. The van der Waals surface area contributed by atoms with E-state index in [4.69, 9.17) is 4.74 Å². The van der Waals surface area contributed by atoms with Crippen molar-refractivity contribution in [1.29, 1.82) is 0 Å². The van der Waals surface area contributed by atoms with Crippen LogP contribution in [0.1, 0.15) is 24.3 Å². The van der Waals surface area contributed by atoms with E-state index in [1.807, 2.05) is 6.20 Å². The fourth-order valence-corrected chi connectivity index (χ4v) is 3.95. The van der Waals surface area contributed by atoms with Crippen LogP contribution >= 0.6 is 11.3 Å². The highest BCUT2D eigenvalue weighted by Crippen LogP contribution is 2.18. The molecule has 1 fully saturated rings. The van der Waals surface area contributed by atoms with Gasteiger partial charge in [-0.25, -0.2) is 4.98 Å². The average Bonchev–Trinajstić information content (AvgIpc) is 3.17. The molecule has 0 saturated carbocycles. The maximum atomic E-state index is 5.80. The molecule has 2 aromatic rings. The van der Waals surface area contributed by atoms with Crippen molar-refractivity contribution < 1.29 is 4.74 Å². The lowest BCUT2D eigenvalue weighted by molar-refractivity contribution is -0.00545. The minimum atomic E-state index is 0.237. The number of ether oxygens (including phenoxy) is 1. The molecule has 146 valence electrons. The highest BCUT2D eigenvalue weighted by atomic mass is 32.1. The lowest BCUT2D eigenvalue weighted by Gasteiger charge is -2.36. The summed E-state index contributed by atoms with van der Waals surface area (Å²) in [5.74, 6) is 1.82. The van der Waals surface area contributed by atoms with Crippen LogP contribution in [0.2, 0.25) is 0 Å². The molecule has 1 aliphatic heterocycles. The molecule has 3 heterocycles. The molecule has 0 spiro atoms. The fourth-order valence-electron chi connectivity index (χ4n) is 3.24. The van der Waals surface area contributed by atoms with Crippen molar-refractivity contribution in [2.24, 2.45) is 4.99 Å². The van der Waals surface area contributed by atoms with E-state index in [9.17, 15) is 0 Å². The van der Waals surface area contributed by atoms with Gasteiger partial charge in [-0.2, -0.15) is 0 Å². The third kappa shape index (κ3) is 5.94. The summed E-state index contributed by atoms with van der Waals surface area (Å²) in [6.07, 6.45) is 3.41. The van der Waals surface area contributed by atoms with Crippen molar-refractivity contribution in [3.8, 4) is 0 Å². The van der Waals surface area contributed by atoms with Gasteiger partial charge in [-0.1, -0.05) is 12.1 Å². The summed E-state index contributed by atoms with van der Waals surface area (Å²) in [6, 6.07) is 8.46. The number of guanidine groups is 1. The molecule has 2 unspecified atom stereocenters. The number of hydrogen-bond donors (Lipinski definition) is 2. The molecule has 7 heteroatoms. The van der Waals surface area contributed by atoms with Gasteiger partial charge in [0.1, 0.15) is 5.82 Å². The number of rotatable bonds is 6. The number of anilines is 1. The van der Waals surface area contributed by atoms with Gasteiger partial charge in [-0.3, -0.25) is 4.99 Å². The molecule has 1 saturated heterocycles. The van der Waals surface area contributed by atoms with Crippen LogP contribution in [-0.2, 0) is 17.7 Å². The molecule has 0 aromatic carbocycles. The zero-order valence-electron chi connectivity index (χ0n) is 16.3. The Morgan fingerprint density at radius 3 is 2.70 bits per heavy atom. The molecular weight excluding hydrogens is 358 g/mol. The molecule has 0 bridgehead atoms. The Hall–Kier alpha value is -2.12.